The van der Waals surface area contributed by atoms with Gasteiger partial charge in [0.05, 0.1) is 30.5 Å². The van der Waals surface area contributed by atoms with E-state index in [-0.39, 0.29) is 0 Å². The number of hydrogen-bond acceptors (Lipinski definition) is 6. The van der Waals surface area contributed by atoms with Gasteiger partial charge in [-0.3, -0.25) is 0 Å². The van der Waals surface area contributed by atoms with Crippen LogP contribution in [0.1, 0.15) is 35.5 Å². The molecule has 0 saturated carbocycles. The monoisotopic (exact) mass is 368 g/mol. The normalized spacial score (nSPS) is 10.8. The van der Waals surface area contributed by atoms with Crippen molar-refractivity contribution in [2.75, 3.05) is 19.0 Å². The summed E-state index contributed by atoms with van der Waals surface area (Å²) in [5.74, 6) is 0.408. The van der Waals surface area contributed by atoms with Crippen molar-refractivity contribution >= 4 is 22.7 Å². The number of carbonyl (C=O) groups is 1. The quantitative estimate of drug-likeness (QED) is 0.643. The second-order valence-corrected chi connectivity index (χ2v) is 6.07. The first-order valence-corrected chi connectivity index (χ1v) is 8.99. The second-order valence-electron chi connectivity index (χ2n) is 6.07. The van der Waals surface area contributed by atoms with Gasteiger partial charge >= 0.3 is 5.97 Å². The largest absolute Gasteiger partial charge is 0.497 e. The van der Waals surface area contributed by atoms with Gasteiger partial charge in [-0.05, 0) is 38.5 Å². The molecule has 7 heteroatoms. The molecule has 0 aliphatic heterocycles. The highest BCUT2D eigenvalue weighted by Crippen LogP contribution is 2.30. The van der Waals surface area contributed by atoms with Crippen LogP contribution in [0.15, 0.2) is 30.5 Å². The van der Waals surface area contributed by atoms with Gasteiger partial charge in [0.1, 0.15) is 11.3 Å². The number of nitrogens with one attached hydrogen (secondary N) is 1. The molecule has 0 aliphatic rings. The molecule has 142 valence electrons. The Balaban J connectivity index is 2.02. The summed E-state index contributed by atoms with van der Waals surface area (Å²) in [6.45, 7) is 7.28. The Kier molecular flexibility index (Phi) is 5.59. The number of fused-ring (bicyclic) bond motifs is 1. The number of esters is 1. The van der Waals surface area contributed by atoms with Crippen LogP contribution in [0.25, 0.3) is 11.0 Å². The molecular formula is C20H24N4O3. The van der Waals surface area contributed by atoms with Crippen molar-refractivity contribution in [2.45, 2.75) is 33.9 Å². The Morgan fingerprint density at radius 3 is 2.59 bits per heavy atom. The van der Waals surface area contributed by atoms with E-state index in [2.05, 4.69) is 15.4 Å². The number of carbonyl (C=O) groups excluding carboxylic acids is 1. The first-order valence-electron chi connectivity index (χ1n) is 8.99. The van der Waals surface area contributed by atoms with E-state index in [4.69, 9.17) is 9.47 Å². The van der Waals surface area contributed by atoms with Gasteiger partial charge < -0.3 is 14.8 Å². The van der Waals surface area contributed by atoms with Crippen molar-refractivity contribution < 1.29 is 14.3 Å². The summed E-state index contributed by atoms with van der Waals surface area (Å²) in [4.78, 5) is 16.9. The van der Waals surface area contributed by atoms with E-state index in [9.17, 15) is 4.79 Å². The fourth-order valence-electron chi connectivity index (χ4n) is 3.02. The third-order valence-electron chi connectivity index (χ3n) is 4.36. The lowest BCUT2D eigenvalue weighted by atomic mass is 10.1. The van der Waals surface area contributed by atoms with Gasteiger partial charge in [0.25, 0.3) is 0 Å². The molecule has 2 aromatic heterocycles. The second kappa shape index (κ2) is 8.07. The number of nitrogens with zero attached hydrogens (tertiary/aromatic N) is 3. The van der Waals surface area contributed by atoms with E-state index < -0.39 is 5.97 Å². The molecule has 3 aromatic rings. The Morgan fingerprint density at radius 2 is 1.96 bits per heavy atom. The zero-order chi connectivity index (χ0) is 19.4. The van der Waals surface area contributed by atoms with E-state index in [0.717, 1.165) is 28.0 Å². The van der Waals surface area contributed by atoms with Gasteiger partial charge in [-0.1, -0.05) is 12.1 Å². The summed E-state index contributed by atoms with van der Waals surface area (Å²) in [6.07, 6.45) is 1.56. The average molecular weight is 368 g/mol. The number of hydrogen-bond donors (Lipinski definition) is 1. The van der Waals surface area contributed by atoms with Gasteiger partial charge in [0.15, 0.2) is 5.65 Å². The lowest BCUT2D eigenvalue weighted by Crippen LogP contribution is -2.11. The summed E-state index contributed by atoms with van der Waals surface area (Å²) in [7, 11) is 1.64. The Bertz CT molecular complexity index is 948. The predicted octanol–water partition coefficient (Wildman–Crippen LogP) is 3.56. The minimum Gasteiger partial charge on any atom is -0.497 e. The van der Waals surface area contributed by atoms with Gasteiger partial charge in [-0.15, -0.1) is 0 Å². The minimum atomic E-state index is -0.396. The predicted molar refractivity (Wildman–Crippen MR) is 104 cm³/mol. The molecule has 0 atom stereocenters. The molecule has 0 radical (unpaired) electrons. The lowest BCUT2D eigenvalue weighted by molar-refractivity contribution is 0.0527. The number of anilines is 1. The van der Waals surface area contributed by atoms with E-state index in [1.165, 1.54) is 0 Å². The fourth-order valence-corrected chi connectivity index (χ4v) is 3.02. The van der Waals surface area contributed by atoms with Crippen molar-refractivity contribution in [3.8, 4) is 5.75 Å². The van der Waals surface area contributed by atoms with E-state index in [1.807, 2.05) is 42.8 Å². The Hall–Kier alpha value is -3.09. The zero-order valence-electron chi connectivity index (χ0n) is 16.1. The number of benzene rings is 1. The SMILES string of the molecule is CCOC(=O)c1cnc2c(c(C)nn2CC)c1NCc1ccc(OC)cc1. The molecule has 0 spiro atoms. The van der Waals surface area contributed by atoms with Crippen molar-refractivity contribution in [2.24, 2.45) is 0 Å². The van der Waals surface area contributed by atoms with Gasteiger partial charge in [0, 0.05) is 19.3 Å². The van der Waals surface area contributed by atoms with Crippen LogP contribution < -0.4 is 10.1 Å². The van der Waals surface area contributed by atoms with E-state index in [1.54, 1.807) is 20.2 Å². The van der Waals surface area contributed by atoms with Crippen LogP contribution >= 0.6 is 0 Å². The first-order chi connectivity index (χ1) is 13.1. The Labute approximate surface area is 158 Å². The fraction of sp³-hybridized carbons (Fsp3) is 0.350. The number of aryl methyl sites for hydroxylation is 2. The van der Waals surface area contributed by atoms with Gasteiger partial charge in [0.2, 0.25) is 0 Å². The lowest BCUT2D eigenvalue weighted by Gasteiger charge is -2.13. The summed E-state index contributed by atoms with van der Waals surface area (Å²) in [5.41, 5.74) is 3.75. The molecule has 0 fully saturated rings. The number of ether oxygens (including phenoxy) is 2. The molecule has 0 bridgehead atoms. The molecule has 0 saturated heterocycles. The molecule has 1 N–H and O–H groups in total. The maximum absolute atomic E-state index is 12.4. The minimum absolute atomic E-state index is 0.308. The van der Waals surface area contributed by atoms with Crippen LogP contribution in [0.2, 0.25) is 0 Å². The number of methoxy groups -OCH3 is 1. The van der Waals surface area contributed by atoms with Crippen molar-refractivity contribution in [3.63, 3.8) is 0 Å². The standard InChI is InChI=1S/C20H24N4O3/c1-5-24-19-17(13(3)23-24)18(16(12-22-19)20(25)27-6-2)21-11-14-7-9-15(26-4)10-8-14/h7-10,12H,5-6,11H2,1-4H3,(H,21,22). The summed E-state index contributed by atoms with van der Waals surface area (Å²) >= 11 is 0. The molecule has 0 unspecified atom stereocenters. The van der Waals surface area contributed by atoms with Gasteiger partial charge in [-0.2, -0.15) is 5.10 Å². The molecule has 0 amide bonds. The van der Waals surface area contributed by atoms with Crippen LogP contribution in [0, 0.1) is 6.92 Å². The van der Waals surface area contributed by atoms with E-state index in [0.29, 0.717) is 30.9 Å². The van der Waals surface area contributed by atoms with Gasteiger partial charge in [-0.25, -0.2) is 14.5 Å². The van der Waals surface area contributed by atoms with Crippen LogP contribution in [0.3, 0.4) is 0 Å². The highest BCUT2D eigenvalue weighted by atomic mass is 16.5. The summed E-state index contributed by atoms with van der Waals surface area (Å²) < 4.78 is 12.2. The first kappa shape index (κ1) is 18.7. The summed E-state index contributed by atoms with van der Waals surface area (Å²) in [5, 5.41) is 8.77. The highest BCUT2D eigenvalue weighted by Gasteiger charge is 2.21. The summed E-state index contributed by atoms with van der Waals surface area (Å²) in [6, 6.07) is 7.78. The van der Waals surface area contributed by atoms with Crippen molar-refractivity contribution in [1.82, 2.24) is 14.8 Å². The van der Waals surface area contributed by atoms with Crippen molar-refractivity contribution in [3.05, 3.63) is 47.3 Å². The number of pyridine rings is 1. The van der Waals surface area contributed by atoms with E-state index >= 15 is 0 Å². The number of rotatable bonds is 7. The van der Waals surface area contributed by atoms with Crippen LogP contribution in [-0.2, 0) is 17.8 Å². The third kappa shape index (κ3) is 3.72. The van der Waals surface area contributed by atoms with Crippen LogP contribution in [-0.4, -0.2) is 34.5 Å². The molecule has 0 aliphatic carbocycles. The van der Waals surface area contributed by atoms with Crippen LogP contribution in [0.5, 0.6) is 5.75 Å². The van der Waals surface area contributed by atoms with Crippen LogP contribution in [0.4, 0.5) is 5.69 Å². The topological polar surface area (TPSA) is 78.3 Å². The molecule has 3 rings (SSSR count). The van der Waals surface area contributed by atoms with Crippen molar-refractivity contribution in [1.29, 1.82) is 0 Å². The molecule has 27 heavy (non-hydrogen) atoms. The zero-order valence-corrected chi connectivity index (χ0v) is 16.1. The maximum Gasteiger partial charge on any atom is 0.341 e. The third-order valence-corrected chi connectivity index (χ3v) is 4.36. The maximum atomic E-state index is 12.4. The molecular weight excluding hydrogens is 344 g/mol. The molecule has 7 nitrogen and oxygen atoms in total. The Morgan fingerprint density at radius 1 is 1.22 bits per heavy atom. The molecule has 2 heterocycles. The average Bonchev–Trinajstić information content (AvgIpc) is 3.02. The number of aromatic nitrogens is 3. The highest BCUT2D eigenvalue weighted by molar-refractivity contribution is 6.05. The smallest absolute Gasteiger partial charge is 0.341 e. The molecule has 1 aromatic carbocycles.